The molecular weight excluding hydrogens is 254 g/mol. The summed E-state index contributed by atoms with van der Waals surface area (Å²) in [5, 5.41) is 9.72. The molecule has 4 nitrogen and oxygen atoms in total. The summed E-state index contributed by atoms with van der Waals surface area (Å²) in [5.41, 5.74) is 5.33. The van der Waals surface area contributed by atoms with Gasteiger partial charge in [-0.05, 0) is 48.6 Å². The summed E-state index contributed by atoms with van der Waals surface area (Å²) in [4.78, 5) is 4.60. The molecule has 20 heavy (non-hydrogen) atoms. The van der Waals surface area contributed by atoms with Crippen LogP contribution in [-0.4, -0.2) is 17.2 Å². The number of fused-ring (bicyclic) bond motifs is 5. The molecule has 0 saturated carbocycles. The zero-order chi connectivity index (χ0) is 13.7. The van der Waals surface area contributed by atoms with Crippen LogP contribution in [0.15, 0.2) is 24.4 Å². The van der Waals surface area contributed by atoms with Crippen molar-refractivity contribution in [3.63, 3.8) is 0 Å². The van der Waals surface area contributed by atoms with Crippen molar-refractivity contribution >= 4 is 0 Å². The highest BCUT2D eigenvalue weighted by Crippen LogP contribution is 2.46. The summed E-state index contributed by atoms with van der Waals surface area (Å²) in [6.45, 7) is 0. The molecule has 0 unspecified atom stereocenters. The second-order valence-electron chi connectivity index (χ2n) is 5.24. The SMILES string of the molecule is CO[C@@H]1Oc2ccc(O)cc2-c2ncc3c(c21)CCC3. The van der Waals surface area contributed by atoms with Gasteiger partial charge >= 0.3 is 0 Å². The highest BCUT2D eigenvalue weighted by atomic mass is 16.7. The summed E-state index contributed by atoms with van der Waals surface area (Å²) in [6, 6.07) is 5.08. The van der Waals surface area contributed by atoms with Gasteiger partial charge in [0, 0.05) is 18.9 Å². The van der Waals surface area contributed by atoms with Crippen LogP contribution in [0, 0.1) is 0 Å². The number of ether oxygens (including phenoxy) is 2. The van der Waals surface area contributed by atoms with Crippen molar-refractivity contribution < 1.29 is 14.6 Å². The van der Waals surface area contributed by atoms with Gasteiger partial charge in [-0.3, -0.25) is 4.98 Å². The fourth-order valence-corrected chi connectivity index (χ4v) is 3.19. The van der Waals surface area contributed by atoms with E-state index in [0.29, 0.717) is 5.75 Å². The number of hydrogen-bond acceptors (Lipinski definition) is 4. The second kappa shape index (κ2) is 4.21. The molecule has 1 aromatic carbocycles. The van der Waals surface area contributed by atoms with Crippen molar-refractivity contribution in [1.82, 2.24) is 4.98 Å². The minimum absolute atomic E-state index is 0.219. The maximum Gasteiger partial charge on any atom is 0.228 e. The number of phenolic OH excluding ortho intramolecular Hbond substituents is 1. The number of phenols is 1. The zero-order valence-corrected chi connectivity index (χ0v) is 11.2. The predicted molar refractivity (Wildman–Crippen MR) is 73.7 cm³/mol. The lowest BCUT2D eigenvalue weighted by Crippen LogP contribution is -2.19. The summed E-state index contributed by atoms with van der Waals surface area (Å²) in [7, 11) is 1.65. The first kappa shape index (κ1) is 11.7. The lowest BCUT2D eigenvalue weighted by atomic mass is 9.95. The van der Waals surface area contributed by atoms with Gasteiger partial charge in [0.25, 0.3) is 0 Å². The summed E-state index contributed by atoms with van der Waals surface area (Å²) < 4.78 is 11.4. The zero-order valence-electron chi connectivity index (χ0n) is 11.2. The molecule has 0 radical (unpaired) electrons. The highest BCUT2D eigenvalue weighted by molar-refractivity contribution is 5.75. The van der Waals surface area contributed by atoms with E-state index in [1.54, 1.807) is 25.3 Å². The summed E-state index contributed by atoms with van der Waals surface area (Å²) in [6.07, 6.45) is 4.79. The molecule has 1 N–H and O–H groups in total. The molecule has 1 atom stereocenters. The number of aromatic hydroxyl groups is 1. The molecule has 102 valence electrons. The predicted octanol–water partition coefficient (Wildman–Crippen LogP) is 2.98. The number of methoxy groups -OCH3 is 1. The first-order valence-corrected chi connectivity index (χ1v) is 6.81. The van der Waals surface area contributed by atoms with E-state index in [1.165, 1.54) is 11.1 Å². The van der Waals surface area contributed by atoms with E-state index in [0.717, 1.165) is 36.1 Å². The van der Waals surface area contributed by atoms with Crippen LogP contribution in [0.3, 0.4) is 0 Å². The van der Waals surface area contributed by atoms with E-state index in [9.17, 15) is 5.11 Å². The molecule has 2 heterocycles. The van der Waals surface area contributed by atoms with Crippen LogP contribution in [0.2, 0.25) is 0 Å². The van der Waals surface area contributed by atoms with Crippen LogP contribution >= 0.6 is 0 Å². The molecule has 0 spiro atoms. The highest BCUT2D eigenvalue weighted by Gasteiger charge is 2.32. The van der Waals surface area contributed by atoms with E-state index < -0.39 is 6.29 Å². The quantitative estimate of drug-likeness (QED) is 0.864. The van der Waals surface area contributed by atoms with Gasteiger partial charge in [0.05, 0.1) is 11.3 Å². The van der Waals surface area contributed by atoms with Gasteiger partial charge in [-0.15, -0.1) is 0 Å². The van der Waals surface area contributed by atoms with Crippen molar-refractivity contribution in [2.75, 3.05) is 7.11 Å². The Hall–Kier alpha value is -2.07. The minimum Gasteiger partial charge on any atom is -0.508 e. The Morgan fingerprint density at radius 3 is 3.10 bits per heavy atom. The Balaban J connectivity index is 2.00. The third kappa shape index (κ3) is 1.55. The second-order valence-corrected chi connectivity index (χ2v) is 5.24. The lowest BCUT2D eigenvalue weighted by molar-refractivity contribution is -0.0586. The minimum atomic E-state index is -0.414. The van der Waals surface area contributed by atoms with Gasteiger partial charge < -0.3 is 14.6 Å². The maximum absolute atomic E-state index is 9.72. The summed E-state index contributed by atoms with van der Waals surface area (Å²) in [5.74, 6) is 0.920. The van der Waals surface area contributed by atoms with Gasteiger partial charge in [-0.1, -0.05) is 0 Å². The Kier molecular flexibility index (Phi) is 2.47. The number of benzene rings is 1. The number of aryl methyl sites for hydroxylation is 1. The number of aromatic nitrogens is 1. The van der Waals surface area contributed by atoms with E-state index in [2.05, 4.69) is 4.98 Å². The fraction of sp³-hybridized carbons (Fsp3) is 0.312. The van der Waals surface area contributed by atoms with Gasteiger partial charge in [-0.2, -0.15) is 0 Å². The van der Waals surface area contributed by atoms with Gasteiger partial charge in [-0.25, -0.2) is 0 Å². The molecule has 0 fully saturated rings. The van der Waals surface area contributed by atoms with Crippen molar-refractivity contribution in [1.29, 1.82) is 0 Å². The first-order valence-electron chi connectivity index (χ1n) is 6.81. The normalized spacial score (nSPS) is 18.9. The largest absolute Gasteiger partial charge is 0.508 e. The Labute approximate surface area is 117 Å². The van der Waals surface area contributed by atoms with Crippen molar-refractivity contribution in [2.24, 2.45) is 0 Å². The van der Waals surface area contributed by atoms with E-state index in [1.807, 2.05) is 6.20 Å². The topological polar surface area (TPSA) is 51.6 Å². The van der Waals surface area contributed by atoms with E-state index in [-0.39, 0.29) is 5.75 Å². The van der Waals surface area contributed by atoms with Crippen LogP contribution in [0.4, 0.5) is 0 Å². The van der Waals surface area contributed by atoms with Crippen LogP contribution in [-0.2, 0) is 17.6 Å². The van der Waals surface area contributed by atoms with E-state index >= 15 is 0 Å². The Bertz CT molecular complexity index is 696. The monoisotopic (exact) mass is 269 g/mol. The van der Waals surface area contributed by atoms with Crippen LogP contribution in [0.1, 0.15) is 29.4 Å². The van der Waals surface area contributed by atoms with Crippen molar-refractivity contribution in [2.45, 2.75) is 25.6 Å². The number of nitrogens with zero attached hydrogens (tertiary/aromatic N) is 1. The molecule has 4 rings (SSSR count). The van der Waals surface area contributed by atoms with E-state index in [4.69, 9.17) is 9.47 Å². The molecule has 1 aliphatic carbocycles. The van der Waals surface area contributed by atoms with Crippen LogP contribution in [0.25, 0.3) is 11.3 Å². The fourth-order valence-electron chi connectivity index (χ4n) is 3.19. The molecule has 2 aromatic rings. The van der Waals surface area contributed by atoms with Crippen molar-refractivity contribution in [3.05, 3.63) is 41.1 Å². The first-order chi connectivity index (χ1) is 9.78. The van der Waals surface area contributed by atoms with Crippen molar-refractivity contribution in [3.8, 4) is 22.8 Å². The molecule has 4 heteroatoms. The number of hydrogen-bond donors (Lipinski definition) is 1. The lowest BCUT2D eigenvalue weighted by Gasteiger charge is -2.28. The number of rotatable bonds is 1. The average molecular weight is 269 g/mol. The molecule has 1 aliphatic heterocycles. The van der Waals surface area contributed by atoms with Crippen LogP contribution in [0.5, 0.6) is 11.5 Å². The molecule has 0 amide bonds. The van der Waals surface area contributed by atoms with Gasteiger partial charge in [0.2, 0.25) is 6.29 Å². The molecule has 1 aromatic heterocycles. The summed E-state index contributed by atoms with van der Waals surface area (Å²) >= 11 is 0. The smallest absolute Gasteiger partial charge is 0.228 e. The average Bonchev–Trinajstić information content (AvgIpc) is 2.94. The Morgan fingerprint density at radius 1 is 1.35 bits per heavy atom. The standard InChI is InChI=1S/C16H15NO3/c1-19-16-14-11-4-2-3-9(11)8-17-15(14)12-7-10(18)5-6-13(12)20-16/h5-8,16,18H,2-4H2,1H3/t16-/m1/s1. The molecule has 0 saturated heterocycles. The molecule has 0 bridgehead atoms. The molecule has 2 aliphatic rings. The third-order valence-corrected chi connectivity index (χ3v) is 4.09. The molecular formula is C16H15NO3. The third-order valence-electron chi connectivity index (χ3n) is 4.09. The Morgan fingerprint density at radius 2 is 2.25 bits per heavy atom. The van der Waals surface area contributed by atoms with Gasteiger partial charge in [0.1, 0.15) is 11.5 Å². The maximum atomic E-state index is 9.72. The number of pyridine rings is 1. The van der Waals surface area contributed by atoms with Gasteiger partial charge in [0.15, 0.2) is 0 Å². The van der Waals surface area contributed by atoms with Crippen LogP contribution < -0.4 is 4.74 Å².